The lowest BCUT2D eigenvalue weighted by Crippen LogP contribution is -2.22. The quantitative estimate of drug-likeness (QED) is 0.737. The number of nitrogens with one attached hydrogen (secondary N) is 2. The van der Waals surface area contributed by atoms with Gasteiger partial charge in [0.1, 0.15) is 10.8 Å². The van der Waals surface area contributed by atoms with Crippen LogP contribution in [-0.4, -0.2) is 31.5 Å². The number of thiophene rings is 1. The number of anilines is 2. The minimum Gasteiger partial charge on any atom is -0.495 e. The second-order valence-corrected chi connectivity index (χ2v) is 7.22. The maximum absolute atomic E-state index is 12.4. The summed E-state index contributed by atoms with van der Waals surface area (Å²) in [7, 11) is 1.51. The summed E-state index contributed by atoms with van der Waals surface area (Å²) in [5.74, 6) is -0.919. The lowest BCUT2D eigenvalue weighted by Gasteiger charge is -2.11. The average molecular weight is 390 g/mol. The van der Waals surface area contributed by atoms with Crippen LogP contribution in [0.4, 0.5) is 10.7 Å². The van der Waals surface area contributed by atoms with Gasteiger partial charge in [0.05, 0.1) is 18.4 Å². The number of esters is 1. The molecule has 0 spiro atoms. The predicted molar refractivity (Wildman–Crippen MR) is 105 cm³/mol. The van der Waals surface area contributed by atoms with Crippen LogP contribution in [0.3, 0.4) is 0 Å². The molecule has 1 aromatic heterocycles. The molecule has 2 aromatic rings. The Kier molecular flexibility index (Phi) is 6.57. The van der Waals surface area contributed by atoms with Crippen LogP contribution in [0.5, 0.6) is 5.75 Å². The Labute approximate surface area is 161 Å². The average Bonchev–Trinajstić information content (AvgIpc) is 2.86. The standard InChI is InChI=1S/C19H22N2O5S/c1-10-6-7-15(25-5)14(8-10)21-16(23)9-26-19(24)17-11(2)12(3)27-18(17)20-13(4)22/h6-8H,9H2,1-5H3,(H,20,22)(H,21,23). The molecule has 2 amide bonds. The van der Waals surface area contributed by atoms with Crippen molar-refractivity contribution in [3.63, 3.8) is 0 Å². The molecule has 27 heavy (non-hydrogen) atoms. The van der Waals surface area contributed by atoms with Gasteiger partial charge in [0.15, 0.2) is 6.61 Å². The van der Waals surface area contributed by atoms with Gasteiger partial charge in [-0.1, -0.05) is 6.07 Å². The first kappa shape index (κ1) is 20.4. The number of carbonyl (C=O) groups is 3. The van der Waals surface area contributed by atoms with Crippen molar-refractivity contribution in [1.82, 2.24) is 0 Å². The molecule has 8 heteroatoms. The van der Waals surface area contributed by atoms with Crippen molar-refractivity contribution in [2.75, 3.05) is 24.4 Å². The third-order valence-electron chi connectivity index (χ3n) is 3.84. The summed E-state index contributed by atoms with van der Waals surface area (Å²) in [5, 5.41) is 5.71. The molecule has 0 radical (unpaired) electrons. The molecule has 0 aliphatic rings. The number of rotatable bonds is 6. The summed E-state index contributed by atoms with van der Waals surface area (Å²) in [6, 6.07) is 5.37. The minimum atomic E-state index is -0.660. The van der Waals surface area contributed by atoms with Crippen molar-refractivity contribution in [3.05, 3.63) is 39.8 Å². The fourth-order valence-electron chi connectivity index (χ4n) is 2.43. The molecule has 0 saturated heterocycles. The molecule has 2 rings (SSSR count). The lowest BCUT2D eigenvalue weighted by molar-refractivity contribution is -0.119. The molecule has 0 aliphatic carbocycles. The molecule has 0 fully saturated rings. The van der Waals surface area contributed by atoms with E-state index < -0.39 is 18.5 Å². The van der Waals surface area contributed by atoms with Crippen molar-refractivity contribution >= 4 is 39.8 Å². The third kappa shape index (κ3) is 5.07. The van der Waals surface area contributed by atoms with E-state index in [4.69, 9.17) is 9.47 Å². The van der Waals surface area contributed by atoms with E-state index in [1.807, 2.05) is 19.9 Å². The van der Waals surface area contributed by atoms with Gasteiger partial charge in [0.25, 0.3) is 5.91 Å². The second kappa shape index (κ2) is 8.68. The predicted octanol–water partition coefficient (Wildman–Crippen LogP) is 3.44. The highest BCUT2D eigenvalue weighted by Crippen LogP contribution is 2.33. The van der Waals surface area contributed by atoms with Gasteiger partial charge in [0, 0.05) is 11.8 Å². The zero-order valence-corrected chi connectivity index (χ0v) is 16.7. The molecular weight excluding hydrogens is 368 g/mol. The van der Waals surface area contributed by atoms with Crippen molar-refractivity contribution in [2.45, 2.75) is 27.7 Å². The van der Waals surface area contributed by atoms with E-state index in [0.717, 1.165) is 16.0 Å². The Balaban J connectivity index is 2.07. The third-order valence-corrected chi connectivity index (χ3v) is 4.97. The zero-order valence-electron chi connectivity index (χ0n) is 15.9. The van der Waals surface area contributed by atoms with E-state index in [1.165, 1.54) is 25.4 Å². The van der Waals surface area contributed by atoms with E-state index in [0.29, 0.717) is 16.4 Å². The van der Waals surface area contributed by atoms with Crippen LogP contribution in [0.2, 0.25) is 0 Å². The summed E-state index contributed by atoms with van der Waals surface area (Å²) < 4.78 is 10.4. The van der Waals surface area contributed by atoms with E-state index in [9.17, 15) is 14.4 Å². The molecule has 1 heterocycles. The van der Waals surface area contributed by atoms with Crippen LogP contribution in [0.25, 0.3) is 0 Å². The Morgan fingerprint density at radius 2 is 1.81 bits per heavy atom. The fourth-order valence-corrected chi connectivity index (χ4v) is 3.52. The molecule has 2 N–H and O–H groups in total. The number of carbonyl (C=O) groups excluding carboxylic acids is 3. The van der Waals surface area contributed by atoms with Crippen molar-refractivity contribution < 1.29 is 23.9 Å². The number of benzene rings is 1. The van der Waals surface area contributed by atoms with Crippen LogP contribution in [0, 0.1) is 20.8 Å². The van der Waals surface area contributed by atoms with Crippen molar-refractivity contribution in [3.8, 4) is 5.75 Å². The van der Waals surface area contributed by atoms with Gasteiger partial charge >= 0.3 is 5.97 Å². The van der Waals surface area contributed by atoms with Crippen LogP contribution >= 0.6 is 11.3 Å². The van der Waals surface area contributed by atoms with E-state index in [2.05, 4.69) is 10.6 Å². The Morgan fingerprint density at radius 1 is 1.11 bits per heavy atom. The topological polar surface area (TPSA) is 93.7 Å². The van der Waals surface area contributed by atoms with Gasteiger partial charge in [-0.3, -0.25) is 9.59 Å². The number of methoxy groups -OCH3 is 1. The van der Waals surface area contributed by atoms with Crippen molar-refractivity contribution in [1.29, 1.82) is 0 Å². The Morgan fingerprint density at radius 3 is 2.44 bits per heavy atom. The Bertz CT molecular complexity index is 888. The number of aryl methyl sites for hydroxylation is 2. The summed E-state index contributed by atoms with van der Waals surface area (Å²) >= 11 is 1.29. The number of hydrogen-bond acceptors (Lipinski definition) is 6. The highest BCUT2D eigenvalue weighted by atomic mass is 32.1. The zero-order chi connectivity index (χ0) is 20.1. The minimum absolute atomic E-state index is 0.272. The number of amides is 2. The summed E-state index contributed by atoms with van der Waals surface area (Å²) in [6.07, 6.45) is 0. The first-order valence-electron chi connectivity index (χ1n) is 8.22. The first-order valence-corrected chi connectivity index (χ1v) is 9.03. The molecule has 0 unspecified atom stereocenters. The van der Waals surface area contributed by atoms with Gasteiger partial charge in [-0.25, -0.2) is 4.79 Å². The second-order valence-electron chi connectivity index (χ2n) is 6.00. The molecule has 0 atom stereocenters. The van der Waals surface area contributed by atoms with Gasteiger partial charge < -0.3 is 20.1 Å². The first-order chi connectivity index (χ1) is 12.7. The van der Waals surface area contributed by atoms with E-state index >= 15 is 0 Å². The van der Waals surface area contributed by atoms with Crippen LogP contribution in [0.1, 0.15) is 33.3 Å². The van der Waals surface area contributed by atoms with E-state index in [1.54, 1.807) is 19.1 Å². The molecule has 0 aliphatic heterocycles. The van der Waals surface area contributed by atoms with Gasteiger partial charge in [-0.15, -0.1) is 11.3 Å². The van der Waals surface area contributed by atoms with Gasteiger partial charge in [-0.2, -0.15) is 0 Å². The monoisotopic (exact) mass is 390 g/mol. The Hall–Kier alpha value is -2.87. The smallest absolute Gasteiger partial charge is 0.341 e. The maximum Gasteiger partial charge on any atom is 0.341 e. The molecule has 0 saturated carbocycles. The SMILES string of the molecule is COc1ccc(C)cc1NC(=O)COC(=O)c1c(NC(C)=O)sc(C)c1C. The molecular formula is C19H22N2O5S. The summed E-state index contributed by atoms with van der Waals surface area (Å²) in [5.41, 5.74) is 2.44. The van der Waals surface area contributed by atoms with Crippen LogP contribution < -0.4 is 15.4 Å². The lowest BCUT2D eigenvalue weighted by atomic mass is 10.1. The summed E-state index contributed by atoms with van der Waals surface area (Å²) in [6.45, 7) is 6.41. The largest absolute Gasteiger partial charge is 0.495 e. The highest BCUT2D eigenvalue weighted by Gasteiger charge is 2.22. The van der Waals surface area contributed by atoms with Gasteiger partial charge in [0.2, 0.25) is 5.91 Å². The maximum atomic E-state index is 12.4. The molecule has 1 aromatic carbocycles. The molecule has 7 nitrogen and oxygen atoms in total. The van der Waals surface area contributed by atoms with Crippen LogP contribution in [-0.2, 0) is 14.3 Å². The number of hydrogen-bond donors (Lipinski definition) is 2. The van der Waals surface area contributed by atoms with Crippen LogP contribution in [0.15, 0.2) is 18.2 Å². The molecule has 0 bridgehead atoms. The summed E-state index contributed by atoms with van der Waals surface area (Å²) in [4.78, 5) is 36.8. The van der Waals surface area contributed by atoms with E-state index in [-0.39, 0.29) is 11.5 Å². The normalized spacial score (nSPS) is 10.3. The molecule has 144 valence electrons. The fraction of sp³-hybridized carbons (Fsp3) is 0.316. The number of ether oxygens (including phenoxy) is 2. The van der Waals surface area contributed by atoms with Gasteiger partial charge in [-0.05, 0) is 44.0 Å². The highest BCUT2D eigenvalue weighted by molar-refractivity contribution is 7.16. The van der Waals surface area contributed by atoms with Crippen molar-refractivity contribution in [2.24, 2.45) is 0 Å².